The Bertz CT molecular complexity index is 315. The number of hydrogen-bond donors (Lipinski definition) is 2. The molecule has 1 aromatic carbocycles. The van der Waals surface area contributed by atoms with E-state index in [0.29, 0.717) is 5.56 Å². The maximum absolute atomic E-state index is 10.2. The molecule has 1 aromatic rings. The fourth-order valence-electron chi connectivity index (χ4n) is 0.778. The van der Waals surface area contributed by atoms with Crippen molar-refractivity contribution < 1.29 is 19.8 Å². The van der Waals surface area contributed by atoms with Crippen molar-refractivity contribution in [3.8, 4) is 0 Å². The second-order valence-corrected chi connectivity index (χ2v) is 3.06. The molecule has 0 fully saturated rings. The molecular formula is C11H14O4. The van der Waals surface area contributed by atoms with Crippen molar-refractivity contribution in [3.63, 3.8) is 0 Å². The zero-order valence-corrected chi connectivity index (χ0v) is 8.68. The molecule has 0 saturated heterocycles. The molecule has 4 nitrogen and oxygen atoms in total. The van der Waals surface area contributed by atoms with E-state index in [2.05, 4.69) is 0 Å². The van der Waals surface area contributed by atoms with Crippen molar-refractivity contribution in [2.75, 3.05) is 0 Å². The van der Waals surface area contributed by atoms with E-state index in [1.807, 2.05) is 0 Å². The summed E-state index contributed by atoms with van der Waals surface area (Å²) in [6.45, 7) is 3.06. The van der Waals surface area contributed by atoms with E-state index in [4.69, 9.17) is 10.2 Å². The van der Waals surface area contributed by atoms with Gasteiger partial charge in [0.05, 0.1) is 0 Å². The van der Waals surface area contributed by atoms with Crippen LogP contribution in [0, 0.1) is 0 Å². The van der Waals surface area contributed by atoms with Gasteiger partial charge in [-0.3, -0.25) is 0 Å². The molecule has 82 valence electrons. The van der Waals surface area contributed by atoms with Gasteiger partial charge in [-0.25, -0.2) is 4.79 Å². The van der Waals surface area contributed by atoms with E-state index in [9.17, 15) is 9.59 Å². The number of carboxylic acids is 1. The molecule has 0 aliphatic carbocycles. The molecule has 1 unspecified atom stereocenters. The summed E-state index contributed by atoms with van der Waals surface area (Å²) < 4.78 is 0. The summed E-state index contributed by atoms with van der Waals surface area (Å²) in [4.78, 5) is 19.7. The number of carbonyl (C=O) groups is 2. The highest BCUT2D eigenvalue weighted by Crippen LogP contribution is 2.10. The highest BCUT2D eigenvalue weighted by Gasteiger charge is 2.14. The summed E-state index contributed by atoms with van der Waals surface area (Å²) in [5.74, 6) is -1.06. The average Bonchev–Trinajstić information content (AvgIpc) is 2.17. The predicted octanol–water partition coefficient (Wildman–Crippen LogP) is 1.40. The van der Waals surface area contributed by atoms with Gasteiger partial charge in [-0.05, 0) is 19.4 Å². The number of carbonyl (C=O) groups excluding carboxylic acids is 1. The molecule has 4 heteroatoms. The summed E-state index contributed by atoms with van der Waals surface area (Å²) in [5.41, 5.74) is 0.403. The Hall–Kier alpha value is -1.68. The number of carboxylic acid groups (broad SMARTS) is 1. The maximum Gasteiger partial charge on any atom is 0.337 e. The van der Waals surface area contributed by atoms with Gasteiger partial charge in [-0.2, -0.15) is 0 Å². The standard InChI is InChI=1S/C8H8O3.C3H6O/c9-7(8(10)11)6-4-2-1-3-5-6;1-3(2)4/h1-5,7,9H,(H,10,11);1-2H3. The zero-order valence-electron chi connectivity index (χ0n) is 8.68. The van der Waals surface area contributed by atoms with Crippen LogP contribution in [0.5, 0.6) is 0 Å². The van der Waals surface area contributed by atoms with Gasteiger partial charge in [0, 0.05) is 0 Å². The van der Waals surface area contributed by atoms with Crippen LogP contribution in [-0.2, 0) is 9.59 Å². The van der Waals surface area contributed by atoms with Gasteiger partial charge in [0.2, 0.25) is 0 Å². The number of aliphatic carboxylic acids is 1. The Balaban J connectivity index is 0.000000423. The van der Waals surface area contributed by atoms with E-state index in [0.717, 1.165) is 0 Å². The molecule has 1 rings (SSSR count). The van der Waals surface area contributed by atoms with Crippen molar-refractivity contribution in [2.24, 2.45) is 0 Å². The first-order valence-corrected chi connectivity index (χ1v) is 4.38. The number of benzene rings is 1. The topological polar surface area (TPSA) is 74.6 Å². The number of aliphatic hydroxyl groups excluding tert-OH is 1. The molecule has 15 heavy (non-hydrogen) atoms. The third-order valence-electron chi connectivity index (χ3n) is 1.35. The third kappa shape index (κ3) is 6.40. The second kappa shape index (κ2) is 6.73. The molecule has 0 aliphatic rings. The summed E-state index contributed by atoms with van der Waals surface area (Å²) in [7, 11) is 0. The first-order valence-electron chi connectivity index (χ1n) is 4.38. The number of hydrogen-bond acceptors (Lipinski definition) is 3. The Morgan fingerprint density at radius 1 is 1.13 bits per heavy atom. The van der Waals surface area contributed by atoms with Crippen LogP contribution < -0.4 is 0 Å². The van der Waals surface area contributed by atoms with E-state index in [1.165, 1.54) is 13.8 Å². The van der Waals surface area contributed by atoms with E-state index in [1.54, 1.807) is 30.3 Å². The number of aliphatic hydroxyl groups is 1. The van der Waals surface area contributed by atoms with Crippen LogP contribution in [-0.4, -0.2) is 22.0 Å². The Morgan fingerprint density at radius 2 is 1.53 bits per heavy atom. The van der Waals surface area contributed by atoms with Crippen LogP contribution in [0.15, 0.2) is 30.3 Å². The first kappa shape index (κ1) is 13.3. The van der Waals surface area contributed by atoms with Crippen LogP contribution in [0.3, 0.4) is 0 Å². The van der Waals surface area contributed by atoms with Crippen LogP contribution >= 0.6 is 0 Å². The normalized spacial score (nSPS) is 10.9. The van der Waals surface area contributed by atoms with E-state index in [-0.39, 0.29) is 5.78 Å². The van der Waals surface area contributed by atoms with Crippen molar-refractivity contribution >= 4 is 11.8 Å². The number of ketones is 1. The van der Waals surface area contributed by atoms with Gasteiger partial charge in [-0.1, -0.05) is 30.3 Å². The third-order valence-corrected chi connectivity index (χ3v) is 1.35. The van der Waals surface area contributed by atoms with Crippen LogP contribution in [0.25, 0.3) is 0 Å². The lowest BCUT2D eigenvalue weighted by atomic mass is 10.1. The minimum Gasteiger partial charge on any atom is -0.479 e. The van der Waals surface area contributed by atoms with Crippen LogP contribution in [0.1, 0.15) is 25.5 Å². The maximum atomic E-state index is 10.2. The fraction of sp³-hybridized carbons (Fsp3) is 0.273. The van der Waals surface area contributed by atoms with Crippen LogP contribution in [0.2, 0.25) is 0 Å². The number of Topliss-reactive ketones (excluding diaryl/α,β-unsaturated/α-hetero) is 1. The van der Waals surface area contributed by atoms with Gasteiger partial charge in [0.25, 0.3) is 0 Å². The monoisotopic (exact) mass is 210 g/mol. The molecule has 0 radical (unpaired) electrons. The molecular weight excluding hydrogens is 196 g/mol. The van der Waals surface area contributed by atoms with Gasteiger partial charge < -0.3 is 15.0 Å². The Morgan fingerprint density at radius 3 is 1.87 bits per heavy atom. The minimum atomic E-state index is -1.41. The molecule has 0 amide bonds. The Labute approximate surface area is 88.2 Å². The lowest BCUT2D eigenvalue weighted by Crippen LogP contribution is -2.09. The summed E-state index contributed by atoms with van der Waals surface area (Å²) in [6.07, 6.45) is -1.41. The van der Waals surface area contributed by atoms with Crippen molar-refractivity contribution in [2.45, 2.75) is 20.0 Å². The second-order valence-electron chi connectivity index (χ2n) is 3.06. The number of rotatable bonds is 2. The molecule has 0 aliphatic heterocycles. The zero-order chi connectivity index (χ0) is 11.8. The highest BCUT2D eigenvalue weighted by molar-refractivity contribution is 5.73. The SMILES string of the molecule is CC(C)=O.O=C(O)C(O)c1ccccc1. The van der Waals surface area contributed by atoms with E-state index >= 15 is 0 Å². The van der Waals surface area contributed by atoms with Gasteiger partial charge in [0.1, 0.15) is 5.78 Å². The lowest BCUT2D eigenvalue weighted by molar-refractivity contribution is -0.146. The van der Waals surface area contributed by atoms with Crippen molar-refractivity contribution in [1.82, 2.24) is 0 Å². The minimum absolute atomic E-state index is 0.167. The summed E-state index contributed by atoms with van der Waals surface area (Å²) in [5, 5.41) is 17.4. The van der Waals surface area contributed by atoms with Gasteiger partial charge >= 0.3 is 5.97 Å². The lowest BCUT2D eigenvalue weighted by Gasteiger charge is -2.03. The fourth-order valence-corrected chi connectivity index (χ4v) is 0.778. The largest absolute Gasteiger partial charge is 0.479 e. The molecule has 2 N–H and O–H groups in total. The molecule has 0 bridgehead atoms. The summed E-state index contributed by atoms with van der Waals surface area (Å²) in [6, 6.07) is 8.26. The average molecular weight is 210 g/mol. The summed E-state index contributed by atoms with van der Waals surface area (Å²) >= 11 is 0. The molecule has 0 heterocycles. The molecule has 0 aromatic heterocycles. The smallest absolute Gasteiger partial charge is 0.337 e. The molecule has 0 saturated carbocycles. The Kier molecular flexibility index (Phi) is 5.97. The first-order chi connectivity index (χ1) is 6.95. The van der Waals surface area contributed by atoms with Crippen molar-refractivity contribution in [3.05, 3.63) is 35.9 Å². The van der Waals surface area contributed by atoms with Crippen molar-refractivity contribution in [1.29, 1.82) is 0 Å². The predicted molar refractivity (Wildman–Crippen MR) is 55.4 cm³/mol. The van der Waals surface area contributed by atoms with Crippen LogP contribution in [0.4, 0.5) is 0 Å². The van der Waals surface area contributed by atoms with E-state index < -0.39 is 12.1 Å². The van der Waals surface area contributed by atoms with Gasteiger partial charge in [0.15, 0.2) is 6.10 Å². The molecule has 0 spiro atoms. The van der Waals surface area contributed by atoms with Gasteiger partial charge in [-0.15, -0.1) is 0 Å². The molecule has 1 atom stereocenters. The quantitative estimate of drug-likeness (QED) is 0.773. The highest BCUT2D eigenvalue weighted by atomic mass is 16.4.